The van der Waals surface area contributed by atoms with Crippen molar-refractivity contribution < 1.29 is 14.3 Å². The van der Waals surface area contributed by atoms with Crippen molar-refractivity contribution in [1.82, 2.24) is 5.32 Å². The van der Waals surface area contributed by atoms with Gasteiger partial charge in [-0.15, -0.1) is 0 Å². The minimum atomic E-state index is -0.394. The van der Waals surface area contributed by atoms with Gasteiger partial charge in [0, 0.05) is 20.1 Å². The van der Waals surface area contributed by atoms with Crippen LogP contribution >= 0.6 is 0 Å². The van der Waals surface area contributed by atoms with Crippen LogP contribution in [0.4, 0.5) is 0 Å². The average Bonchev–Trinajstić information content (AvgIpc) is 2.73. The number of amides is 1. The number of carbonyl (C=O) groups is 1. The summed E-state index contributed by atoms with van der Waals surface area (Å²) in [6, 6.07) is 7.73. The van der Waals surface area contributed by atoms with Crippen molar-refractivity contribution in [3.8, 4) is 5.75 Å². The molecule has 1 aromatic rings. The lowest BCUT2D eigenvalue weighted by molar-refractivity contribution is -0.127. The van der Waals surface area contributed by atoms with Crippen LogP contribution in [0.3, 0.4) is 0 Å². The van der Waals surface area contributed by atoms with Crippen LogP contribution in [0.5, 0.6) is 5.75 Å². The van der Waals surface area contributed by atoms with E-state index in [0.717, 1.165) is 11.3 Å². The van der Waals surface area contributed by atoms with Gasteiger partial charge in [0.2, 0.25) is 0 Å². The molecule has 1 heterocycles. The molecule has 0 saturated carbocycles. The molecule has 86 valence electrons. The molecule has 1 aliphatic heterocycles. The standard InChI is InChI=1S/C12H15NO3/c1-15-7-6-13-12(14)11-8-9-4-2-3-5-10(9)16-11/h2-5,11H,6-8H2,1H3,(H,13,14)/t11-/m0/s1. The zero-order valence-corrected chi connectivity index (χ0v) is 9.23. The average molecular weight is 221 g/mol. The van der Waals surface area contributed by atoms with E-state index in [0.29, 0.717) is 19.6 Å². The molecule has 0 aromatic heterocycles. The number of carbonyl (C=O) groups excluding carboxylic acids is 1. The number of nitrogens with one attached hydrogen (secondary N) is 1. The molecule has 4 nitrogen and oxygen atoms in total. The first kappa shape index (κ1) is 11.0. The van der Waals surface area contributed by atoms with Gasteiger partial charge in [0.25, 0.3) is 5.91 Å². The maximum atomic E-state index is 11.7. The number of rotatable bonds is 4. The SMILES string of the molecule is COCCNC(=O)[C@@H]1Cc2ccccc2O1. The topological polar surface area (TPSA) is 47.6 Å². The van der Waals surface area contributed by atoms with Gasteiger partial charge in [0.15, 0.2) is 6.10 Å². The molecule has 0 saturated heterocycles. The number of benzene rings is 1. The number of hydrogen-bond donors (Lipinski definition) is 1. The molecule has 1 aromatic carbocycles. The third-order valence-electron chi connectivity index (χ3n) is 2.54. The van der Waals surface area contributed by atoms with Crippen molar-refractivity contribution in [2.24, 2.45) is 0 Å². The molecular formula is C12H15NO3. The first-order valence-electron chi connectivity index (χ1n) is 5.32. The lowest BCUT2D eigenvalue weighted by atomic mass is 10.1. The fourth-order valence-electron chi connectivity index (χ4n) is 1.72. The van der Waals surface area contributed by atoms with Crippen molar-refractivity contribution >= 4 is 5.91 Å². The fourth-order valence-corrected chi connectivity index (χ4v) is 1.72. The largest absolute Gasteiger partial charge is 0.480 e. The van der Waals surface area contributed by atoms with Crippen LogP contribution in [0.15, 0.2) is 24.3 Å². The molecule has 0 bridgehead atoms. The smallest absolute Gasteiger partial charge is 0.261 e. The number of methoxy groups -OCH3 is 1. The molecule has 0 fully saturated rings. The summed E-state index contributed by atoms with van der Waals surface area (Å²) in [5, 5.41) is 2.77. The van der Waals surface area contributed by atoms with E-state index in [4.69, 9.17) is 9.47 Å². The Bertz CT molecular complexity index is 353. The van der Waals surface area contributed by atoms with Gasteiger partial charge < -0.3 is 14.8 Å². The van der Waals surface area contributed by atoms with E-state index < -0.39 is 6.10 Å². The van der Waals surface area contributed by atoms with Crippen LogP contribution in [0.1, 0.15) is 5.56 Å². The van der Waals surface area contributed by atoms with Crippen LogP contribution in [-0.2, 0) is 16.0 Å². The summed E-state index contributed by atoms with van der Waals surface area (Å²) in [5.41, 5.74) is 1.09. The number of ether oxygens (including phenoxy) is 2. The molecule has 0 aliphatic carbocycles. The summed E-state index contributed by atoms with van der Waals surface area (Å²) >= 11 is 0. The Balaban J connectivity index is 1.88. The number of hydrogen-bond acceptors (Lipinski definition) is 3. The second kappa shape index (κ2) is 4.99. The first-order chi connectivity index (χ1) is 7.81. The molecule has 1 N–H and O–H groups in total. The van der Waals surface area contributed by atoms with E-state index in [9.17, 15) is 4.79 Å². The van der Waals surface area contributed by atoms with Crippen molar-refractivity contribution in [3.63, 3.8) is 0 Å². The molecule has 1 atom stereocenters. The quantitative estimate of drug-likeness (QED) is 0.763. The fraction of sp³-hybridized carbons (Fsp3) is 0.417. The highest BCUT2D eigenvalue weighted by Crippen LogP contribution is 2.27. The Kier molecular flexibility index (Phi) is 3.41. The van der Waals surface area contributed by atoms with Gasteiger partial charge in [-0.05, 0) is 11.6 Å². The molecule has 0 spiro atoms. The molecular weight excluding hydrogens is 206 g/mol. The maximum absolute atomic E-state index is 11.7. The van der Waals surface area contributed by atoms with E-state index in [1.165, 1.54) is 0 Å². The molecule has 2 rings (SSSR count). The highest BCUT2D eigenvalue weighted by atomic mass is 16.5. The predicted octanol–water partition coefficient (Wildman–Crippen LogP) is 0.753. The molecule has 1 aliphatic rings. The minimum absolute atomic E-state index is 0.0757. The summed E-state index contributed by atoms with van der Waals surface area (Å²) in [6.45, 7) is 1.04. The second-order valence-corrected chi connectivity index (χ2v) is 3.70. The molecule has 1 amide bonds. The van der Waals surface area contributed by atoms with E-state index in [1.54, 1.807) is 7.11 Å². The molecule has 0 radical (unpaired) electrons. The van der Waals surface area contributed by atoms with Gasteiger partial charge in [-0.25, -0.2) is 0 Å². The highest BCUT2D eigenvalue weighted by molar-refractivity contribution is 5.82. The lowest BCUT2D eigenvalue weighted by Gasteiger charge is -2.10. The van der Waals surface area contributed by atoms with Gasteiger partial charge in [0.1, 0.15) is 5.75 Å². The zero-order valence-electron chi connectivity index (χ0n) is 9.23. The summed E-state index contributed by atoms with van der Waals surface area (Å²) in [5.74, 6) is 0.739. The van der Waals surface area contributed by atoms with E-state index in [2.05, 4.69) is 5.32 Å². The normalized spacial score (nSPS) is 17.7. The Morgan fingerprint density at radius 3 is 3.12 bits per heavy atom. The molecule has 4 heteroatoms. The summed E-state index contributed by atoms with van der Waals surface area (Å²) < 4.78 is 10.4. The third kappa shape index (κ3) is 2.33. The summed E-state index contributed by atoms with van der Waals surface area (Å²) in [6.07, 6.45) is 0.254. The van der Waals surface area contributed by atoms with Crippen LogP contribution in [0.2, 0.25) is 0 Å². The maximum Gasteiger partial charge on any atom is 0.261 e. The zero-order chi connectivity index (χ0) is 11.4. The van der Waals surface area contributed by atoms with Gasteiger partial charge >= 0.3 is 0 Å². The van der Waals surface area contributed by atoms with Crippen LogP contribution in [0, 0.1) is 0 Å². The Labute approximate surface area is 94.6 Å². The lowest BCUT2D eigenvalue weighted by Crippen LogP contribution is -2.38. The van der Waals surface area contributed by atoms with Gasteiger partial charge in [-0.3, -0.25) is 4.79 Å². The van der Waals surface area contributed by atoms with Crippen molar-refractivity contribution in [2.45, 2.75) is 12.5 Å². The van der Waals surface area contributed by atoms with E-state index in [1.807, 2.05) is 24.3 Å². The molecule has 16 heavy (non-hydrogen) atoms. The minimum Gasteiger partial charge on any atom is -0.480 e. The van der Waals surface area contributed by atoms with Crippen molar-refractivity contribution in [2.75, 3.05) is 20.3 Å². The van der Waals surface area contributed by atoms with Gasteiger partial charge in [-0.1, -0.05) is 18.2 Å². The Hall–Kier alpha value is -1.55. The number of fused-ring (bicyclic) bond motifs is 1. The van der Waals surface area contributed by atoms with E-state index in [-0.39, 0.29) is 5.91 Å². The van der Waals surface area contributed by atoms with Crippen molar-refractivity contribution in [3.05, 3.63) is 29.8 Å². The first-order valence-corrected chi connectivity index (χ1v) is 5.32. The van der Waals surface area contributed by atoms with Crippen LogP contribution in [-0.4, -0.2) is 32.3 Å². The Morgan fingerprint density at radius 2 is 2.38 bits per heavy atom. The van der Waals surface area contributed by atoms with Crippen LogP contribution in [0.25, 0.3) is 0 Å². The summed E-state index contributed by atoms with van der Waals surface area (Å²) in [7, 11) is 1.61. The third-order valence-corrected chi connectivity index (χ3v) is 2.54. The van der Waals surface area contributed by atoms with Crippen molar-refractivity contribution in [1.29, 1.82) is 0 Å². The summed E-state index contributed by atoms with van der Waals surface area (Å²) in [4.78, 5) is 11.7. The van der Waals surface area contributed by atoms with E-state index >= 15 is 0 Å². The van der Waals surface area contributed by atoms with Gasteiger partial charge in [0.05, 0.1) is 6.61 Å². The monoisotopic (exact) mass is 221 g/mol. The van der Waals surface area contributed by atoms with Crippen LogP contribution < -0.4 is 10.1 Å². The van der Waals surface area contributed by atoms with Gasteiger partial charge in [-0.2, -0.15) is 0 Å². The number of para-hydroxylation sites is 1. The Morgan fingerprint density at radius 1 is 1.56 bits per heavy atom. The highest BCUT2D eigenvalue weighted by Gasteiger charge is 2.28. The predicted molar refractivity (Wildman–Crippen MR) is 59.4 cm³/mol. The second-order valence-electron chi connectivity index (χ2n) is 3.70. The molecule has 0 unspecified atom stereocenters.